The lowest BCUT2D eigenvalue weighted by atomic mass is 9.74. The average Bonchev–Trinajstić information content (AvgIpc) is 3.63. The Morgan fingerprint density at radius 3 is 1.62 bits per heavy atom. The predicted octanol–water partition coefficient (Wildman–Crippen LogP) is 17.0. The summed E-state index contributed by atoms with van der Waals surface area (Å²) >= 11 is 0. The summed E-state index contributed by atoms with van der Waals surface area (Å²) in [5.74, 6) is 0. The first kappa shape index (κ1) is 36.8. The molecule has 1 atom stereocenters. The topological polar surface area (TPSA) is 3.24 Å². The average molecular weight is 802 g/mol. The van der Waals surface area contributed by atoms with Crippen molar-refractivity contribution < 1.29 is 0 Å². The molecule has 0 heterocycles. The lowest BCUT2D eigenvalue weighted by molar-refractivity contribution is 0.714. The standard InChI is InChI=1S/C62H43N/c1-62(48-24-9-4-10-25-48)56-29-16-15-28-54(56)61-57(62)30-17-31-58(61)63(50-38-34-42-18-11-12-23-46(42)40-50)49-36-32-43(33-37-49)47-35-39-52-51-26-13-14-27-53(51)59(44-19-5-2-6-20-44)60(55(52)41-47)45-21-7-3-8-22-45/h2-41H,1H3. The van der Waals surface area contributed by atoms with Crippen molar-refractivity contribution >= 4 is 49.4 Å². The Balaban J connectivity index is 1.05. The van der Waals surface area contributed by atoms with Gasteiger partial charge in [-0.3, -0.25) is 0 Å². The van der Waals surface area contributed by atoms with E-state index in [1.165, 1.54) is 99.2 Å². The fourth-order valence-electron chi connectivity index (χ4n) is 10.5. The van der Waals surface area contributed by atoms with E-state index in [0.717, 1.165) is 11.4 Å². The monoisotopic (exact) mass is 801 g/mol. The van der Waals surface area contributed by atoms with Crippen LogP contribution < -0.4 is 4.90 Å². The van der Waals surface area contributed by atoms with Gasteiger partial charge in [-0.05, 0) is 131 Å². The van der Waals surface area contributed by atoms with Crippen molar-refractivity contribution in [2.24, 2.45) is 0 Å². The summed E-state index contributed by atoms with van der Waals surface area (Å²) < 4.78 is 0. The van der Waals surface area contributed by atoms with Gasteiger partial charge in [-0.15, -0.1) is 0 Å². The largest absolute Gasteiger partial charge is 0.310 e. The van der Waals surface area contributed by atoms with Crippen LogP contribution in [0.1, 0.15) is 23.6 Å². The van der Waals surface area contributed by atoms with Crippen LogP contribution in [0, 0.1) is 0 Å². The number of anilines is 3. The van der Waals surface area contributed by atoms with Gasteiger partial charge in [-0.25, -0.2) is 0 Å². The molecule has 11 aromatic carbocycles. The van der Waals surface area contributed by atoms with Gasteiger partial charge in [0.25, 0.3) is 0 Å². The summed E-state index contributed by atoms with van der Waals surface area (Å²) in [5.41, 5.74) is 16.9. The number of nitrogens with zero attached hydrogens (tertiary/aromatic N) is 1. The maximum Gasteiger partial charge on any atom is 0.0543 e. The molecule has 0 saturated heterocycles. The van der Waals surface area contributed by atoms with Crippen molar-refractivity contribution in [1.82, 2.24) is 0 Å². The quantitative estimate of drug-likeness (QED) is 0.145. The van der Waals surface area contributed by atoms with E-state index in [9.17, 15) is 0 Å². The molecule has 11 aromatic rings. The second-order valence-corrected chi connectivity index (χ2v) is 16.9. The van der Waals surface area contributed by atoms with Gasteiger partial charge in [0.15, 0.2) is 0 Å². The summed E-state index contributed by atoms with van der Waals surface area (Å²) in [4.78, 5) is 2.47. The predicted molar refractivity (Wildman–Crippen MR) is 267 cm³/mol. The first-order valence-corrected chi connectivity index (χ1v) is 21.9. The van der Waals surface area contributed by atoms with E-state index in [1.807, 2.05) is 0 Å². The summed E-state index contributed by atoms with van der Waals surface area (Å²) in [7, 11) is 0. The van der Waals surface area contributed by atoms with Crippen LogP contribution in [-0.4, -0.2) is 0 Å². The number of rotatable bonds is 7. The van der Waals surface area contributed by atoms with E-state index >= 15 is 0 Å². The van der Waals surface area contributed by atoms with Crippen LogP contribution in [0.5, 0.6) is 0 Å². The molecule has 0 saturated carbocycles. The van der Waals surface area contributed by atoms with E-state index in [0.29, 0.717) is 0 Å². The van der Waals surface area contributed by atoms with Crippen molar-refractivity contribution in [3.05, 3.63) is 259 Å². The minimum absolute atomic E-state index is 0.303. The van der Waals surface area contributed by atoms with E-state index in [-0.39, 0.29) is 5.41 Å². The highest BCUT2D eigenvalue weighted by molar-refractivity contribution is 6.22. The zero-order chi connectivity index (χ0) is 41.9. The van der Waals surface area contributed by atoms with Crippen LogP contribution >= 0.6 is 0 Å². The van der Waals surface area contributed by atoms with Crippen LogP contribution in [0.2, 0.25) is 0 Å². The normalized spacial score (nSPS) is 14.2. The fraction of sp³-hybridized carbons (Fsp3) is 0.0323. The van der Waals surface area contributed by atoms with Gasteiger partial charge in [0.05, 0.1) is 5.69 Å². The van der Waals surface area contributed by atoms with Gasteiger partial charge in [0.2, 0.25) is 0 Å². The lowest BCUT2D eigenvalue weighted by Crippen LogP contribution is -2.22. The molecule has 1 nitrogen and oxygen atoms in total. The van der Waals surface area contributed by atoms with Crippen molar-refractivity contribution in [2.45, 2.75) is 12.3 Å². The van der Waals surface area contributed by atoms with Crippen LogP contribution in [0.4, 0.5) is 17.1 Å². The van der Waals surface area contributed by atoms with Gasteiger partial charge < -0.3 is 4.90 Å². The molecule has 1 aliphatic rings. The molecular formula is C62H43N. The van der Waals surface area contributed by atoms with E-state index in [1.54, 1.807) is 0 Å². The van der Waals surface area contributed by atoms with Crippen molar-refractivity contribution in [3.63, 3.8) is 0 Å². The molecule has 0 aliphatic heterocycles. The number of hydrogen-bond acceptors (Lipinski definition) is 1. The summed E-state index contributed by atoms with van der Waals surface area (Å²) in [6.07, 6.45) is 0. The molecule has 0 amide bonds. The van der Waals surface area contributed by atoms with E-state index < -0.39 is 0 Å². The highest BCUT2D eigenvalue weighted by Crippen LogP contribution is 2.57. The minimum Gasteiger partial charge on any atom is -0.310 e. The second-order valence-electron chi connectivity index (χ2n) is 16.9. The zero-order valence-corrected chi connectivity index (χ0v) is 35.0. The zero-order valence-electron chi connectivity index (χ0n) is 35.0. The summed E-state index contributed by atoms with van der Waals surface area (Å²) in [5, 5.41) is 7.47. The van der Waals surface area contributed by atoms with Gasteiger partial charge in [0.1, 0.15) is 0 Å². The smallest absolute Gasteiger partial charge is 0.0543 e. The first-order chi connectivity index (χ1) is 31.1. The number of hydrogen-bond donors (Lipinski definition) is 0. The van der Waals surface area contributed by atoms with Gasteiger partial charge in [0, 0.05) is 22.4 Å². The fourth-order valence-corrected chi connectivity index (χ4v) is 10.5. The molecule has 0 radical (unpaired) electrons. The third-order valence-electron chi connectivity index (χ3n) is 13.5. The molecule has 1 aliphatic carbocycles. The Bertz CT molecular complexity index is 3500. The molecule has 63 heavy (non-hydrogen) atoms. The minimum atomic E-state index is -0.303. The molecule has 296 valence electrons. The van der Waals surface area contributed by atoms with Crippen LogP contribution in [-0.2, 0) is 5.41 Å². The van der Waals surface area contributed by atoms with Crippen molar-refractivity contribution in [2.75, 3.05) is 4.90 Å². The van der Waals surface area contributed by atoms with E-state index in [2.05, 4.69) is 254 Å². The number of benzene rings is 11. The highest BCUT2D eigenvalue weighted by Gasteiger charge is 2.42. The first-order valence-electron chi connectivity index (χ1n) is 21.9. The van der Waals surface area contributed by atoms with Crippen molar-refractivity contribution in [3.8, 4) is 44.5 Å². The van der Waals surface area contributed by atoms with Gasteiger partial charge in [-0.2, -0.15) is 0 Å². The second kappa shape index (κ2) is 14.9. The summed E-state index contributed by atoms with van der Waals surface area (Å²) in [6.45, 7) is 2.39. The molecule has 12 rings (SSSR count). The third kappa shape index (κ3) is 5.92. The van der Waals surface area contributed by atoms with E-state index in [4.69, 9.17) is 0 Å². The molecule has 0 N–H and O–H groups in total. The van der Waals surface area contributed by atoms with Crippen LogP contribution in [0.3, 0.4) is 0 Å². The van der Waals surface area contributed by atoms with Gasteiger partial charge in [-0.1, -0.05) is 206 Å². The lowest BCUT2D eigenvalue weighted by Gasteiger charge is -2.30. The Morgan fingerprint density at radius 1 is 0.317 bits per heavy atom. The molecule has 0 spiro atoms. The Kier molecular flexibility index (Phi) is 8.69. The number of fused-ring (bicyclic) bond motifs is 7. The maximum absolute atomic E-state index is 2.47. The molecular weight excluding hydrogens is 759 g/mol. The molecule has 0 fully saturated rings. The van der Waals surface area contributed by atoms with Crippen molar-refractivity contribution in [1.29, 1.82) is 0 Å². The maximum atomic E-state index is 2.47. The Morgan fingerprint density at radius 2 is 0.873 bits per heavy atom. The Hall–Kier alpha value is -8.00. The molecule has 0 aromatic heterocycles. The SMILES string of the molecule is CC1(c2ccccc2)c2ccccc2-c2c(N(c3ccc(-c4ccc5c(c4)c(-c4ccccc4)c(-c4ccccc4)c4ccccc45)cc3)c3ccc4ccccc4c3)cccc21. The van der Waals surface area contributed by atoms with Crippen LogP contribution in [0.15, 0.2) is 243 Å². The van der Waals surface area contributed by atoms with Gasteiger partial charge >= 0.3 is 0 Å². The molecule has 0 bridgehead atoms. The third-order valence-corrected chi connectivity index (χ3v) is 13.5. The molecule has 1 heteroatoms. The highest BCUT2D eigenvalue weighted by atomic mass is 15.1. The molecule has 1 unspecified atom stereocenters. The Labute approximate surface area is 368 Å². The van der Waals surface area contributed by atoms with Crippen LogP contribution in [0.25, 0.3) is 76.8 Å². The summed E-state index contributed by atoms with van der Waals surface area (Å²) in [6, 6.07) is 89.3.